The number of hydrogen-bond acceptors (Lipinski definition) is 4. The Bertz CT molecular complexity index is 538. The Hall–Kier alpha value is -1.91. The normalized spacial score (nSPS) is 16.4. The van der Waals surface area contributed by atoms with Gasteiger partial charge in [-0.25, -0.2) is 4.79 Å². The first-order valence-electron chi connectivity index (χ1n) is 8.37. The van der Waals surface area contributed by atoms with Crippen molar-refractivity contribution >= 4 is 11.8 Å². The Balaban J connectivity index is 1.81. The summed E-state index contributed by atoms with van der Waals surface area (Å²) in [4.78, 5) is 11.7. The van der Waals surface area contributed by atoms with Crippen LogP contribution in [0, 0.1) is 0 Å². The first-order chi connectivity index (χ1) is 10.9. The quantitative estimate of drug-likeness (QED) is 0.784. The molecule has 1 aliphatic rings. The Morgan fingerprint density at radius 1 is 1.39 bits per heavy atom. The Kier molecular flexibility index (Phi) is 5.74. The van der Waals surface area contributed by atoms with Crippen molar-refractivity contribution < 1.29 is 14.3 Å². The summed E-state index contributed by atoms with van der Waals surface area (Å²) in [5, 5.41) is 6.19. The predicted molar refractivity (Wildman–Crippen MR) is 92.2 cm³/mol. The van der Waals surface area contributed by atoms with E-state index < -0.39 is 11.7 Å². The van der Waals surface area contributed by atoms with Crippen LogP contribution in [-0.4, -0.2) is 30.9 Å². The molecular formula is C18H28N2O3. The number of benzene rings is 1. The number of hydrogen-bond donors (Lipinski definition) is 2. The number of rotatable bonds is 6. The lowest BCUT2D eigenvalue weighted by Gasteiger charge is -2.20. The van der Waals surface area contributed by atoms with Crippen molar-refractivity contribution in [2.45, 2.75) is 58.7 Å². The fraction of sp³-hybridized carbons (Fsp3) is 0.611. The van der Waals surface area contributed by atoms with E-state index in [0.717, 1.165) is 30.8 Å². The third-order valence-electron chi connectivity index (χ3n) is 3.53. The van der Waals surface area contributed by atoms with Gasteiger partial charge in [-0.05, 0) is 51.0 Å². The van der Waals surface area contributed by atoms with Crippen LogP contribution in [0.1, 0.15) is 46.1 Å². The third kappa shape index (κ3) is 5.66. The minimum absolute atomic E-state index is 0.0385. The molecule has 1 aliphatic heterocycles. The second kappa shape index (κ2) is 7.57. The highest BCUT2D eigenvalue weighted by Crippen LogP contribution is 2.31. The number of carbonyl (C=O) groups excluding carboxylic acids is 1. The lowest BCUT2D eigenvalue weighted by molar-refractivity contribution is 0.0506. The molecule has 1 aromatic rings. The van der Waals surface area contributed by atoms with E-state index in [1.54, 1.807) is 0 Å². The molecule has 1 heterocycles. The standard InChI is InChI=1S/C18H28N2O3/c1-5-6-9-19-14-7-8-16-13(10-14)11-15(22-16)12-20-17(21)23-18(2,3)4/h7-8,10,15,19H,5-6,9,11-12H2,1-4H3,(H,20,21). The van der Waals surface area contributed by atoms with E-state index in [1.807, 2.05) is 32.9 Å². The van der Waals surface area contributed by atoms with Gasteiger partial charge in [-0.2, -0.15) is 0 Å². The van der Waals surface area contributed by atoms with Gasteiger partial charge in [-0.3, -0.25) is 0 Å². The summed E-state index contributed by atoms with van der Waals surface area (Å²) >= 11 is 0. The average molecular weight is 320 g/mol. The van der Waals surface area contributed by atoms with Gasteiger partial charge in [0, 0.05) is 18.7 Å². The summed E-state index contributed by atoms with van der Waals surface area (Å²) in [5.74, 6) is 0.905. The minimum Gasteiger partial charge on any atom is -0.488 e. The van der Waals surface area contributed by atoms with Crippen LogP contribution in [0.25, 0.3) is 0 Å². The molecule has 0 aromatic heterocycles. The summed E-state index contributed by atoms with van der Waals surface area (Å²) in [5.41, 5.74) is 1.83. The lowest BCUT2D eigenvalue weighted by atomic mass is 10.1. The molecule has 0 aliphatic carbocycles. The van der Waals surface area contributed by atoms with Crippen molar-refractivity contribution in [2.24, 2.45) is 0 Å². The fourth-order valence-corrected chi connectivity index (χ4v) is 2.47. The molecule has 2 rings (SSSR count). The second-order valence-electron chi connectivity index (χ2n) is 6.93. The van der Waals surface area contributed by atoms with E-state index in [4.69, 9.17) is 9.47 Å². The highest BCUT2D eigenvalue weighted by Gasteiger charge is 2.24. The average Bonchev–Trinajstić information content (AvgIpc) is 2.86. The highest BCUT2D eigenvalue weighted by atomic mass is 16.6. The first kappa shape index (κ1) is 17.4. The number of alkyl carbamates (subject to hydrolysis) is 1. The van der Waals surface area contributed by atoms with Gasteiger partial charge in [0.05, 0.1) is 6.54 Å². The van der Waals surface area contributed by atoms with Crippen LogP contribution in [0.5, 0.6) is 5.75 Å². The predicted octanol–water partition coefficient (Wildman–Crippen LogP) is 3.73. The zero-order valence-electron chi connectivity index (χ0n) is 14.6. The smallest absolute Gasteiger partial charge is 0.407 e. The van der Waals surface area contributed by atoms with Crippen LogP contribution in [0.3, 0.4) is 0 Å². The molecule has 128 valence electrons. The number of anilines is 1. The second-order valence-corrected chi connectivity index (χ2v) is 6.93. The van der Waals surface area contributed by atoms with Crippen molar-refractivity contribution in [3.05, 3.63) is 23.8 Å². The Morgan fingerprint density at radius 2 is 2.17 bits per heavy atom. The van der Waals surface area contributed by atoms with Crippen molar-refractivity contribution in [1.82, 2.24) is 5.32 Å². The summed E-state index contributed by atoms with van der Waals surface area (Å²) in [7, 11) is 0. The molecule has 0 spiro atoms. The van der Waals surface area contributed by atoms with Gasteiger partial charge in [0.2, 0.25) is 0 Å². The van der Waals surface area contributed by atoms with Gasteiger partial charge in [0.1, 0.15) is 17.5 Å². The SMILES string of the molecule is CCCCNc1ccc2c(c1)CC(CNC(=O)OC(C)(C)C)O2. The highest BCUT2D eigenvalue weighted by molar-refractivity contribution is 5.67. The molecule has 0 fully saturated rings. The van der Waals surface area contributed by atoms with Crippen LogP contribution in [-0.2, 0) is 11.2 Å². The van der Waals surface area contributed by atoms with Gasteiger partial charge < -0.3 is 20.1 Å². The van der Waals surface area contributed by atoms with E-state index in [1.165, 1.54) is 12.0 Å². The van der Waals surface area contributed by atoms with Gasteiger partial charge in [0.25, 0.3) is 0 Å². The summed E-state index contributed by atoms with van der Waals surface area (Å²) in [6.07, 6.45) is 2.70. The molecule has 0 saturated heterocycles. The number of nitrogens with one attached hydrogen (secondary N) is 2. The van der Waals surface area contributed by atoms with Crippen LogP contribution in [0.4, 0.5) is 10.5 Å². The first-order valence-corrected chi connectivity index (χ1v) is 8.37. The molecule has 1 aromatic carbocycles. The molecule has 23 heavy (non-hydrogen) atoms. The summed E-state index contributed by atoms with van der Waals surface area (Å²) < 4.78 is 11.1. The van der Waals surface area contributed by atoms with Crippen molar-refractivity contribution in [3.8, 4) is 5.75 Å². The molecular weight excluding hydrogens is 292 g/mol. The van der Waals surface area contributed by atoms with Crippen LogP contribution >= 0.6 is 0 Å². The summed E-state index contributed by atoms with van der Waals surface area (Å²) in [6, 6.07) is 6.17. The number of unbranched alkanes of at least 4 members (excludes halogenated alkanes) is 1. The van der Waals surface area contributed by atoms with Crippen LogP contribution < -0.4 is 15.4 Å². The van der Waals surface area contributed by atoms with Gasteiger partial charge >= 0.3 is 6.09 Å². The van der Waals surface area contributed by atoms with Gasteiger partial charge in [0.15, 0.2) is 0 Å². The van der Waals surface area contributed by atoms with Crippen molar-refractivity contribution in [1.29, 1.82) is 0 Å². The van der Waals surface area contributed by atoms with Gasteiger partial charge in [-0.1, -0.05) is 13.3 Å². The Morgan fingerprint density at radius 3 is 2.87 bits per heavy atom. The molecule has 1 amide bonds. The number of fused-ring (bicyclic) bond motifs is 1. The van der Waals surface area contributed by atoms with E-state index in [0.29, 0.717) is 6.54 Å². The monoisotopic (exact) mass is 320 g/mol. The molecule has 0 radical (unpaired) electrons. The topological polar surface area (TPSA) is 59.6 Å². The molecule has 1 unspecified atom stereocenters. The number of amides is 1. The van der Waals surface area contributed by atoms with Crippen molar-refractivity contribution in [3.63, 3.8) is 0 Å². The van der Waals surface area contributed by atoms with Crippen molar-refractivity contribution in [2.75, 3.05) is 18.4 Å². The minimum atomic E-state index is -0.483. The van der Waals surface area contributed by atoms with E-state index in [2.05, 4.69) is 23.6 Å². The van der Waals surface area contributed by atoms with Gasteiger partial charge in [-0.15, -0.1) is 0 Å². The van der Waals surface area contributed by atoms with E-state index in [-0.39, 0.29) is 6.10 Å². The maximum absolute atomic E-state index is 11.7. The number of carbonyl (C=O) groups is 1. The molecule has 5 heteroatoms. The molecule has 2 N–H and O–H groups in total. The largest absolute Gasteiger partial charge is 0.488 e. The van der Waals surface area contributed by atoms with E-state index >= 15 is 0 Å². The lowest BCUT2D eigenvalue weighted by Crippen LogP contribution is -2.38. The zero-order valence-corrected chi connectivity index (χ0v) is 14.6. The van der Waals surface area contributed by atoms with E-state index in [9.17, 15) is 4.79 Å². The number of ether oxygens (including phenoxy) is 2. The maximum Gasteiger partial charge on any atom is 0.407 e. The fourth-order valence-electron chi connectivity index (χ4n) is 2.47. The third-order valence-corrected chi connectivity index (χ3v) is 3.53. The summed E-state index contributed by atoms with van der Waals surface area (Å²) in [6.45, 7) is 9.16. The maximum atomic E-state index is 11.7. The van der Waals surface area contributed by atoms with Crippen LogP contribution in [0.2, 0.25) is 0 Å². The Labute approximate surface area is 138 Å². The molecule has 0 saturated carbocycles. The molecule has 1 atom stereocenters. The molecule has 5 nitrogen and oxygen atoms in total. The molecule has 0 bridgehead atoms. The van der Waals surface area contributed by atoms with Crippen LogP contribution in [0.15, 0.2) is 18.2 Å². The zero-order chi connectivity index (χ0) is 16.9.